The highest BCUT2D eigenvalue weighted by Gasteiger charge is 2.07. The quantitative estimate of drug-likeness (QED) is 0.771. The molecule has 6 nitrogen and oxygen atoms in total. The molecule has 0 atom stereocenters. The van der Waals surface area contributed by atoms with Crippen molar-refractivity contribution in [2.45, 2.75) is 6.92 Å². The van der Waals surface area contributed by atoms with Crippen molar-refractivity contribution in [2.75, 3.05) is 18.4 Å². The fraction of sp³-hybridized carbons (Fsp3) is 0.214. The number of amides is 2. The Morgan fingerprint density at radius 1 is 1.33 bits per heavy atom. The van der Waals surface area contributed by atoms with Crippen molar-refractivity contribution in [3.05, 3.63) is 34.7 Å². The number of nitrogens with one attached hydrogen (secondary N) is 2. The summed E-state index contributed by atoms with van der Waals surface area (Å²) in [5.74, 6) is -0.666. The Bertz CT molecular complexity index is 654. The molecule has 0 saturated heterocycles. The van der Waals surface area contributed by atoms with Crippen molar-refractivity contribution in [3.8, 4) is 11.3 Å². The van der Waals surface area contributed by atoms with E-state index in [0.717, 1.165) is 16.3 Å². The van der Waals surface area contributed by atoms with E-state index in [4.69, 9.17) is 5.73 Å². The third kappa shape index (κ3) is 4.37. The van der Waals surface area contributed by atoms with Crippen molar-refractivity contribution in [1.29, 1.82) is 0 Å². The van der Waals surface area contributed by atoms with Gasteiger partial charge in [-0.2, -0.15) is 0 Å². The minimum absolute atomic E-state index is 0.101. The molecule has 2 amide bonds. The predicted octanol–water partition coefficient (Wildman–Crippen LogP) is 1.13. The van der Waals surface area contributed by atoms with Crippen LogP contribution in [-0.2, 0) is 9.59 Å². The molecular formula is C14H16N4O2S. The van der Waals surface area contributed by atoms with Crippen molar-refractivity contribution >= 4 is 28.8 Å². The molecule has 7 heteroatoms. The first-order valence-electron chi connectivity index (χ1n) is 6.37. The molecule has 0 spiro atoms. The molecule has 0 bridgehead atoms. The molecular weight excluding hydrogens is 288 g/mol. The number of nitrogens with zero attached hydrogens (tertiary/aromatic N) is 1. The first-order chi connectivity index (χ1) is 10.1. The van der Waals surface area contributed by atoms with Gasteiger partial charge in [-0.25, -0.2) is 4.98 Å². The fourth-order valence-electron chi connectivity index (χ4n) is 1.71. The number of carbonyl (C=O) groups is 2. The summed E-state index contributed by atoms with van der Waals surface area (Å²) in [5, 5.41) is 8.09. The molecule has 0 unspecified atom stereocenters. The van der Waals surface area contributed by atoms with E-state index in [9.17, 15) is 9.59 Å². The SMILES string of the molecule is Cc1nc(-c2cccc(NC(=O)CNC(=O)CN)c2)cs1. The fourth-order valence-corrected chi connectivity index (χ4v) is 2.33. The summed E-state index contributed by atoms with van der Waals surface area (Å²) < 4.78 is 0. The Morgan fingerprint density at radius 2 is 2.14 bits per heavy atom. The summed E-state index contributed by atoms with van der Waals surface area (Å²) in [6.45, 7) is 1.71. The molecule has 110 valence electrons. The van der Waals surface area contributed by atoms with Crippen LogP contribution in [0.4, 0.5) is 5.69 Å². The lowest BCUT2D eigenvalue weighted by Gasteiger charge is -2.07. The molecule has 1 aromatic carbocycles. The van der Waals surface area contributed by atoms with Crippen LogP contribution >= 0.6 is 11.3 Å². The number of thiazole rings is 1. The van der Waals surface area contributed by atoms with Crippen molar-refractivity contribution < 1.29 is 9.59 Å². The minimum Gasteiger partial charge on any atom is -0.346 e. The topological polar surface area (TPSA) is 97.1 Å². The van der Waals surface area contributed by atoms with Crippen molar-refractivity contribution in [3.63, 3.8) is 0 Å². The molecule has 1 heterocycles. The summed E-state index contributed by atoms with van der Waals surface area (Å²) in [7, 11) is 0. The van der Waals surface area contributed by atoms with Crippen LogP contribution in [0.5, 0.6) is 0 Å². The average molecular weight is 304 g/mol. The zero-order valence-corrected chi connectivity index (χ0v) is 12.4. The van der Waals surface area contributed by atoms with Gasteiger partial charge in [0.15, 0.2) is 0 Å². The van der Waals surface area contributed by atoms with Gasteiger partial charge in [0.1, 0.15) is 0 Å². The lowest BCUT2D eigenvalue weighted by atomic mass is 10.1. The minimum atomic E-state index is -0.364. The molecule has 4 N–H and O–H groups in total. The van der Waals surface area contributed by atoms with Crippen molar-refractivity contribution in [1.82, 2.24) is 10.3 Å². The van der Waals surface area contributed by atoms with Gasteiger partial charge in [0.2, 0.25) is 11.8 Å². The zero-order chi connectivity index (χ0) is 15.2. The largest absolute Gasteiger partial charge is 0.346 e. The van der Waals surface area contributed by atoms with Crippen LogP contribution in [0.1, 0.15) is 5.01 Å². The molecule has 1 aromatic heterocycles. The third-order valence-corrected chi connectivity index (χ3v) is 3.47. The number of rotatable bonds is 5. The van der Waals surface area contributed by atoms with Gasteiger partial charge in [-0.15, -0.1) is 11.3 Å². The molecule has 0 aliphatic rings. The van der Waals surface area contributed by atoms with E-state index < -0.39 is 0 Å². The molecule has 0 aliphatic heterocycles. The van der Waals surface area contributed by atoms with Gasteiger partial charge in [-0.1, -0.05) is 12.1 Å². The summed E-state index contributed by atoms with van der Waals surface area (Å²) >= 11 is 1.58. The highest BCUT2D eigenvalue weighted by Crippen LogP contribution is 2.24. The first-order valence-corrected chi connectivity index (χ1v) is 7.25. The van der Waals surface area contributed by atoms with E-state index in [1.165, 1.54) is 0 Å². The van der Waals surface area contributed by atoms with Crippen LogP contribution < -0.4 is 16.4 Å². The smallest absolute Gasteiger partial charge is 0.243 e. The van der Waals surface area contributed by atoms with Gasteiger partial charge in [0, 0.05) is 16.6 Å². The number of hydrogen-bond donors (Lipinski definition) is 3. The highest BCUT2D eigenvalue weighted by atomic mass is 32.1. The summed E-state index contributed by atoms with van der Waals surface area (Å²) in [6, 6.07) is 7.40. The van der Waals surface area contributed by atoms with E-state index in [2.05, 4.69) is 15.6 Å². The molecule has 0 saturated carbocycles. The van der Waals surface area contributed by atoms with Gasteiger partial charge >= 0.3 is 0 Å². The maximum absolute atomic E-state index is 11.7. The van der Waals surface area contributed by atoms with Crippen LogP contribution in [0, 0.1) is 6.92 Å². The normalized spacial score (nSPS) is 10.2. The second-order valence-corrected chi connectivity index (χ2v) is 5.42. The molecule has 2 aromatic rings. The van der Waals surface area contributed by atoms with Crippen LogP contribution in [0.2, 0.25) is 0 Å². The monoisotopic (exact) mass is 304 g/mol. The number of carbonyl (C=O) groups excluding carboxylic acids is 2. The van der Waals surface area contributed by atoms with Gasteiger partial charge < -0.3 is 16.4 Å². The maximum atomic E-state index is 11.7. The Kier molecular flexibility index (Phi) is 5.02. The van der Waals surface area contributed by atoms with Gasteiger partial charge in [0.05, 0.1) is 23.8 Å². The second kappa shape index (κ2) is 6.96. The number of hydrogen-bond acceptors (Lipinski definition) is 5. The summed E-state index contributed by atoms with van der Waals surface area (Å²) in [4.78, 5) is 27.1. The Morgan fingerprint density at radius 3 is 2.81 bits per heavy atom. The van der Waals surface area contributed by atoms with E-state index in [0.29, 0.717) is 5.69 Å². The molecule has 21 heavy (non-hydrogen) atoms. The predicted molar refractivity (Wildman–Crippen MR) is 83.0 cm³/mol. The van der Waals surface area contributed by atoms with Gasteiger partial charge in [-0.05, 0) is 19.1 Å². The number of aromatic nitrogens is 1. The summed E-state index contributed by atoms with van der Waals surface area (Å²) in [5.41, 5.74) is 7.62. The van der Waals surface area contributed by atoms with Crippen LogP contribution in [-0.4, -0.2) is 29.9 Å². The number of aryl methyl sites for hydroxylation is 1. The average Bonchev–Trinajstić information content (AvgIpc) is 2.91. The zero-order valence-electron chi connectivity index (χ0n) is 11.6. The number of anilines is 1. The van der Waals surface area contributed by atoms with Crippen LogP contribution in [0.25, 0.3) is 11.3 Å². The third-order valence-electron chi connectivity index (χ3n) is 2.69. The van der Waals surface area contributed by atoms with Gasteiger partial charge in [-0.3, -0.25) is 9.59 Å². The molecule has 0 radical (unpaired) electrons. The first kappa shape index (κ1) is 15.1. The molecule has 0 fully saturated rings. The standard InChI is InChI=1S/C14H16N4O2S/c1-9-17-12(8-21-9)10-3-2-4-11(5-10)18-14(20)7-16-13(19)6-15/h2-5,8H,6-7,15H2,1H3,(H,16,19)(H,18,20). The van der Waals surface area contributed by atoms with E-state index in [-0.39, 0.29) is 24.9 Å². The van der Waals surface area contributed by atoms with E-state index in [1.807, 2.05) is 30.5 Å². The second-order valence-electron chi connectivity index (χ2n) is 4.36. The Labute approximate surface area is 126 Å². The highest BCUT2D eigenvalue weighted by molar-refractivity contribution is 7.09. The lowest BCUT2D eigenvalue weighted by molar-refractivity contribution is -0.123. The Hall–Kier alpha value is -2.25. The lowest BCUT2D eigenvalue weighted by Crippen LogP contribution is -2.36. The number of nitrogens with two attached hydrogens (primary N) is 1. The van der Waals surface area contributed by atoms with E-state index >= 15 is 0 Å². The maximum Gasteiger partial charge on any atom is 0.243 e. The molecule has 2 rings (SSSR count). The van der Waals surface area contributed by atoms with E-state index in [1.54, 1.807) is 17.4 Å². The van der Waals surface area contributed by atoms with Crippen molar-refractivity contribution in [2.24, 2.45) is 5.73 Å². The van der Waals surface area contributed by atoms with Crippen LogP contribution in [0.15, 0.2) is 29.6 Å². The summed E-state index contributed by atoms with van der Waals surface area (Å²) in [6.07, 6.45) is 0. The van der Waals surface area contributed by atoms with Gasteiger partial charge in [0.25, 0.3) is 0 Å². The Balaban J connectivity index is 2.01. The number of benzene rings is 1. The molecule has 0 aliphatic carbocycles. The van der Waals surface area contributed by atoms with Crippen LogP contribution in [0.3, 0.4) is 0 Å².